The Kier molecular flexibility index (Phi) is 2.05. The van der Waals surface area contributed by atoms with E-state index in [1.54, 1.807) is 0 Å². The van der Waals surface area contributed by atoms with Gasteiger partial charge in [0.15, 0.2) is 6.54 Å². The van der Waals surface area contributed by atoms with Crippen LogP contribution < -0.4 is 0 Å². The summed E-state index contributed by atoms with van der Waals surface area (Å²) in [6, 6.07) is 0. The van der Waals surface area contributed by atoms with Gasteiger partial charge < -0.3 is 4.74 Å². The molecule has 9 heavy (non-hydrogen) atoms. The SMILES string of the molecule is O=C1COC=[N+]1CCCl. The third-order valence-corrected chi connectivity index (χ3v) is 1.22. The van der Waals surface area contributed by atoms with Crippen molar-refractivity contribution in [2.45, 2.75) is 0 Å². The van der Waals surface area contributed by atoms with Crippen molar-refractivity contribution in [3.8, 4) is 0 Å². The van der Waals surface area contributed by atoms with Crippen LogP contribution in [0.5, 0.6) is 0 Å². The molecule has 0 aromatic carbocycles. The van der Waals surface area contributed by atoms with Crippen LogP contribution in [0.15, 0.2) is 0 Å². The van der Waals surface area contributed by atoms with Crippen LogP contribution in [0, 0.1) is 0 Å². The maximum Gasteiger partial charge on any atom is 0.427 e. The van der Waals surface area contributed by atoms with E-state index < -0.39 is 0 Å². The second-order valence-corrected chi connectivity index (χ2v) is 2.07. The summed E-state index contributed by atoms with van der Waals surface area (Å²) in [6.07, 6.45) is 1.41. The molecule has 4 heteroatoms. The topological polar surface area (TPSA) is 29.3 Å². The van der Waals surface area contributed by atoms with E-state index in [1.165, 1.54) is 11.0 Å². The van der Waals surface area contributed by atoms with Gasteiger partial charge in [-0.25, -0.2) is 4.79 Å². The van der Waals surface area contributed by atoms with Gasteiger partial charge in [-0.3, -0.25) is 0 Å². The smallest absolute Gasteiger partial charge is 0.427 e. The minimum Gasteiger partial charge on any atom is -0.435 e. The summed E-state index contributed by atoms with van der Waals surface area (Å²) in [5.41, 5.74) is 0. The summed E-state index contributed by atoms with van der Waals surface area (Å²) < 4.78 is 6.18. The van der Waals surface area contributed by atoms with Crippen molar-refractivity contribution in [1.29, 1.82) is 0 Å². The number of carbonyl (C=O) groups excluding carboxylic acids is 1. The van der Waals surface area contributed by atoms with Crippen molar-refractivity contribution in [2.24, 2.45) is 0 Å². The van der Waals surface area contributed by atoms with Crippen molar-refractivity contribution >= 4 is 23.9 Å². The lowest BCUT2D eigenvalue weighted by atomic mass is 10.6. The number of halogens is 1. The average Bonchev–Trinajstić information content (AvgIpc) is 2.18. The molecule has 0 saturated carbocycles. The molecular formula is C5H7ClNO2+. The van der Waals surface area contributed by atoms with E-state index in [2.05, 4.69) is 0 Å². The fourth-order valence-electron chi connectivity index (χ4n) is 0.609. The second-order valence-electron chi connectivity index (χ2n) is 1.69. The van der Waals surface area contributed by atoms with E-state index in [1.807, 2.05) is 0 Å². The monoisotopic (exact) mass is 148 g/mol. The van der Waals surface area contributed by atoms with Crippen LogP contribution >= 0.6 is 11.6 Å². The van der Waals surface area contributed by atoms with Crippen LogP contribution in [-0.4, -0.2) is 35.9 Å². The third kappa shape index (κ3) is 1.42. The van der Waals surface area contributed by atoms with Crippen LogP contribution in [0.25, 0.3) is 0 Å². The van der Waals surface area contributed by atoms with Crippen molar-refractivity contribution in [3.05, 3.63) is 0 Å². The Labute approximate surface area is 57.9 Å². The number of ether oxygens (including phenoxy) is 1. The second kappa shape index (κ2) is 2.82. The Morgan fingerprint density at radius 2 is 2.67 bits per heavy atom. The number of nitrogens with zero attached hydrogens (tertiary/aromatic N) is 1. The first-order chi connectivity index (χ1) is 4.34. The summed E-state index contributed by atoms with van der Waals surface area (Å²) in [5.74, 6) is 0.432. The maximum atomic E-state index is 10.7. The van der Waals surface area contributed by atoms with Gasteiger partial charge in [0, 0.05) is 0 Å². The van der Waals surface area contributed by atoms with E-state index in [0.29, 0.717) is 12.4 Å². The molecule has 0 saturated heterocycles. The zero-order valence-corrected chi connectivity index (χ0v) is 5.60. The number of rotatable bonds is 2. The van der Waals surface area contributed by atoms with Gasteiger partial charge in [-0.15, -0.1) is 16.2 Å². The molecule has 1 aliphatic rings. The maximum absolute atomic E-state index is 10.7. The predicted molar refractivity (Wildman–Crippen MR) is 32.9 cm³/mol. The van der Waals surface area contributed by atoms with Crippen LogP contribution in [0.2, 0.25) is 0 Å². The zero-order chi connectivity index (χ0) is 6.69. The van der Waals surface area contributed by atoms with E-state index in [0.717, 1.165) is 0 Å². The van der Waals surface area contributed by atoms with Gasteiger partial charge in [0.2, 0.25) is 6.61 Å². The molecule has 0 unspecified atom stereocenters. The standard InChI is InChI=1S/C5H7ClNO2/c6-1-2-7-4-9-3-5(7)8/h4H,1-3H2/q+1. The fourth-order valence-corrected chi connectivity index (χ4v) is 0.791. The number of hydrogen-bond donors (Lipinski definition) is 0. The van der Waals surface area contributed by atoms with Crippen LogP contribution in [0.1, 0.15) is 0 Å². The molecule has 1 heterocycles. The van der Waals surface area contributed by atoms with Crippen molar-refractivity contribution < 1.29 is 14.1 Å². The van der Waals surface area contributed by atoms with Crippen molar-refractivity contribution in [1.82, 2.24) is 0 Å². The fraction of sp³-hybridized carbons (Fsp3) is 0.600. The minimum atomic E-state index is -0.0179. The summed E-state index contributed by atoms with van der Waals surface area (Å²) in [7, 11) is 0. The first kappa shape index (κ1) is 6.55. The Morgan fingerprint density at radius 1 is 1.89 bits per heavy atom. The molecule has 1 amide bonds. The molecule has 50 valence electrons. The van der Waals surface area contributed by atoms with Gasteiger partial charge in [-0.05, 0) is 0 Å². The quantitative estimate of drug-likeness (QED) is 0.402. The molecule has 0 aliphatic carbocycles. The number of amides is 1. The van der Waals surface area contributed by atoms with E-state index in [9.17, 15) is 4.79 Å². The lowest BCUT2D eigenvalue weighted by Crippen LogP contribution is -2.19. The number of hydrogen-bond acceptors (Lipinski definition) is 2. The molecule has 0 atom stereocenters. The minimum absolute atomic E-state index is 0.0179. The highest BCUT2D eigenvalue weighted by molar-refractivity contribution is 6.18. The highest BCUT2D eigenvalue weighted by Gasteiger charge is 2.23. The van der Waals surface area contributed by atoms with E-state index in [4.69, 9.17) is 16.3 Å². The number of carbonyl (C=O) groups is 1. The molecule has 0 spiro atoms. The van der Waals surface area contributed by atoms with Gasteiger partial charge in [-0.1, -0.05) is 0 Å². The molecule has 0 aromatic heterocycles. The van der Waals surface area contributed by atoms with Crippen LogP contribution in [0.4, 0.5) is 0 Å². The Balaban J connectivity index is 2.47. The highest BCUT2D eigenvalue weighted by Crippen LogP contribution is 1.89. The molecule has 0 bridgehead atoms. The first-order valence-corrected chi connectivity index (χ1v) is 3.18. The summed E-state index contributed by atoms with van der Waals surface area (Å²) in [5, 5.41) is 0. The number of alkyl halides is 1. The largest absolute Gasteiger partial charge is 0.435 e. The van der Waals surface area contributed by atoms with Gasteiger partial charge in [-0.2, -0.15) is 0 Å². The predicted octanol–water partition coefficient (Wildman–Crippen LogP) is -0.177. The van der Waals surface area contributed by atoms with Crippen molar-refractivity contribution in [3.63, 3.8) is 0 Å². The first-order valence-electron chi connectivity index (χ1n) is 2.65. The molecule has 1 rings (SSSR count). The lowest BCUT2D eigenvalue weighted by Gasteiger charge is -1.84. The zero-order valence-electron chi connectivity index (χ0n) is 4.84. The Morgan fingerprint density at radius 3 is 3.11 bits per heavy atom. The summed E-state index contributed by atoms with van der Waals surface area (Å²) in [4.78, 5) is 10.7. The highest BCUT2D eigenvalue weighted by atomic mass is 35.5. The Hall–Kier alpha value is -0.570. The van der Waals surface area contributed by atoms with E-state index >= 15 is 0 Å². The third-order valence-electron chi connectivity index (χ3n) is 1.05. The van der Waals surface area contributed by atoms with Gasteiger partial charge in [0.1, 0.15) is 0 Å². The normalized spacial score (nSPS) is 17.4. The molecule has 0 aromatic rings. The lowest BCUT2D eigenvalue weighted by molar-refractivity contribution is -0.434. The Bertz CT molecular complexity index is 155. The van der Waals surface area contributed by atoms with Gasteiger partial charge in [0.05, 0.1) is 5.88 Å². The van der Waals surface area contributed by atoms with Crippen LogP contribution in [0.3, 0.4) is 0 Å². The van der Waals surface area contributed by atoms with Gasteiger partial charge >= 0.3 is 12.3 Å². The molecular weight excluding hydrogens is 142 g/mol. The van der Waals surface area contributed by atoms with Gasteiger partial charge in [0.25, 0.3) is 0 Å². The summed E-state index contributed by atoms with van der Waals surface area (Å²) >= 11 is 5.38. The molecule has 1 aliphatic heterocycles. The molecule has 0 N–H and O–H groups in total. The molecule has 3 nitrogen and oxygen atoms in total. The summed E-state index contributed by atoms with van der Waals surface area (Å²) in [6.45, 7) is 0.706. The van der Waals surface area contributed by atoms with Crippen LogP contribution in [-0.2, 0) is 9.53 Å². The molecule has 0 radical (unpaired) electrons. The van der Waals surface area contributed by atoms with E-state index in [-0.39, 0.29) is 12.5 Å². The average molecular weight is 149 g/mol. The van der Waals surface area contributed by atoms with Crippen molar-refractivity contribution in [2.75, 3.05) is 19.0 Å². The molecule has 0 fully saturated rings.